The molecule has 15 nitrogen and oxygen atoms in total. The maximum Gasteiger partial charge on any atom is 0.547 e. The second-order valence-corrected chi connectivity index (χ2v) is 9.33. The largest absolute Gasteiger partial charge is 0.547 e. The molecule has 4 rings (SSSR count). The minimum atomic E-state index is -1.65. The second-order valence-electron chi connectivity index (χ2n) is 9.33. The minimum Gasteiger partial charge on any atom is -0.544 e. The van der Waals surface area contributed by atoms with Crippen LogP contribution < -0.4 is 25.0 Å². The van der Waals surface area contributed by atoms with Crippen molar-refractivity contribution < 1.29 is 53.2 Å². The quantitative estimate of drug-likeness (QED) is 0.144. The molecule has 0 bridgehead atoms. The highest BCUT2D eigenvalue weighted by Gasteiger charge is 2.41. The molecule has 2 aliphatic rings. The van der Waals surface area contributed by atoms with Crippen LogP contribution in [0.5, 0.6) is 5.75 Å². The molecule has 2 aromatic rings. The smallest absolute Gasteiger partial charge is 0.544 e. The number of nitrogens with one attached hydrogen (secondary N) is 2. The van der Waals surface area contributed by atoms with Crippen molar-refractivity contribution in [2.75, 3.05) is 19.6 Å². The maximum absolute atomic E-state index is 13.5. The molecule has 16 heteroatoms. The number of nitrogens with zero attached hydrogens (tertiary/aromatic N) is 3. The van der Waals surface area contributed by atoms with Gasteiger partial charge in [-0.2, -0.15) is 4.57 Å². The molecule has 4 N–H and O–H groups in total. The van der Waals surface area contributed by atoms with Crippen molar-refractivity contribution in [3.8, 4) is 5.75 Å². The Morgan fingerprint density at radius 3 is 2.61 bits per heavy atom. The Balaban J connectivity index is 1.59. The van der Waals surface area contributed by atoms with Crippen molar-refractivity contribution in [1.29, 1.82) is 0 Å². The van der Waals surface area contributed by atoms with Crippen molar-refractivity contribution in [3.63, 3.8) is 0 Å². The van der Waals surface area contributed by atoms with Gasteiger partial charge >= 0.3 is 30.9 Å². The summed E-state index contributed by atoms with van der Waals surface area (Å²) in [7, 11) is -1.65. The number of hydrogen-bond acceptors (Lipinski definition) is 9. The number of hydrogen-bond donors (Lipinski definition) is 4. The standard InChI is InChI=1S/C25H26BN5O10/c1-2-30-9-10-31(23(36)22(30)35)25(39)28-19(15-6-4-8-29(12-15)13-18(32)33)21(34)27-17-11-14-5-3-7-16(24(37)38)20(14)41-26(17)40/h3-8,12,17,19,40H,2,9-11,13H2,1H3,(H3-,27,28,32,33,34,37,38,39)/t17-,19?/m0/s1. The number of piperazine rings is 1. The van der Waals surface area contributed by atoms with Crippen molar-refractivity contribution in [3.05, 3.63) is 59.4 Å². The molecule has 1 unspecified atom stereocenters. The summed E-state index contributed by atoms with van der Waals surface area (Å²) in [6.45, 7) is 1.39. The molecule has 1 aromatic carbocycles. The minimum absolute atomic E-state index is 0.0184. The van der Waals surface area contributed by atoms with Gasteiger partial charge in [0.2, 0.25) is 5.91 Å². The van der Waals surface area contributed by atoms with Crippen LogP contribution in [0.3, 0.4) is 0 Å². The van der Waals surface area contributed by atoms with E-state index in [-0.39, 0.29) is 42.9 Å². The van der Waals surface area contributed by atoms with Gasteiger partial charge in [-0.05, 0) is 31.0 Å². The van der Waals surface area contributed by atoms with E-state index in [0.29, 0.717) is 10.5 Å². The fraction of sp³-hybridized carbons (Fsp3) is 0.320. The van der Waals surface area contributed by atoms with Crippen LogP contribution in [-0.2, 0) is 32.1 Å². The zero-order valence-corrected chi connectivity index (χ0v) is 21.8. The van der Waals surface area contributed by atoms with Gasteiger partial charge in [-0.3, -0.25) is 19.3 Å². The Morgan fingerprint density at radius 1 is 1.17 bits per heavy atom. The van der Waals surface area contributed by atoms with Gasteiger partial charge in [-0.25, -0.2) is 9.59 Å². The number of amides is 5. The summed E-state index contributed by atoms with van der Waals surface area (Å²) >= 11 is 0. The number of likely N-dealkylation sites (N-methyl/N-ethyl adjacent to an activating group) is 1. The molecule has 0 aliphatic carbocycles. The summed E-state index contributed by atoms with van der Waals surface area (Å²) in [5, 5.41) is 36.1. The molecule has 1 fully saturated rings. The molecular formula is C25H26BN5O10. The number of carboxylic acid groups (broad SMARTS) is 2. The van der Waals surface area contributed by atoms with Gasteiger partial charge in [0.05, 0.1) is 11.5 Å². The maximum atomic E-state index is 13.5. The lowest BCUT2D eigenvalue weighted by Crippen LogP contribution is -2.60. The average molecular weight is 567 g/mol. The Labute approximate surface area is 233 Å². The molecule has 5 amide bonds. The number of rotatable bonds is 8. The number of pyridine rings is 1. The molecule has 1 aromatic heterocycles. The highest BCUT2D eigenvalue weighted by Crippen LogP contribution is 2.30. The lowest BCUT2D eigenvalue weighted by atomic mass is 9.72. The first-order chi connectivity index (χ1) is 19.5. The van der Waals surface area contributed by atoms with E-state index in [0.717, 1.165) is 0 Å². The van der Waals surface area contributed by atoms with Crippen molar-refractivity contribution in [2.45, 2.75) is 31.9 Å². The summed E-state index contributed by atoms with van der Waals surface area (Å²) < 4.78 is 6.61. The van der Waals surface area contributed by atoms with Crippen LogP contribution in [0.1, 0.15) is 34.5 Å². The Kier molecular flexibility index (Phi) is 8.52. The van der Waals surface area contributed by atoms with Gasteiger partial charge in [0.25, 0.3) is 0 Å². The molecule has 3 heterocycles. The molecule has 0 spiro atoms. The Hall–Kier alpha value is -4.99. The molecule has 0 saturated carbocycles. The highest BCUT2D eigenvalue weighted by molar-refractivity contribution is 6.47. The van der Waals surface area contributed by atoms with E-state index in [9.17, 15) is 44.0 Å². The summed E-state index contributed by atoms with van der Waals surface area (Å²) in [6, 6.07) is 4.69. The average Bonchev–Trinajstić information content (AvgIpc) is 2.92. The van der Waals surface area contributed by atoms with E-state index in [1.165, 1.54) is 46.1 Å². The van der Waals surface area contributed by atoms with Crippen LogP contribution in [0, 0.1) is 0 Å². The van der Waals surface area contributed by atoms with E-state index in [1.807, 2.05) is 0 Å². The predicted molar refractivity (Wildman–Crippen MR) is 135 cm³/mol. The van der Waals surface area contributed by atoms with E-state index >= 15 is 0 Å². The van der Waals surface area contributed by atoms with E-state index in [4.69, 9.17) is 4.65 Å². The second kappa shape index (κ2) is 12.0. The van der Waals surface area contributed by atoms with Gasteiger partial charge in [0, 0.05) is 31.3 Å². The van der Waals surface area contributed by atoms with E-state index in [1.54, 1.807) is 13.0 Å². The van der Waals surface area contributed by atoms with E-state index in [2.05, 4.69) is 10.6 Å². The van der Waals surface area contributed by atoms with Gasteiger partial charge in [0.15, 0.2) is 18.9 Å². The third-order valence-corrected chi connectivity index (χ3v) is 6.67. The fourth-order valence-electron chi connectivity index (χ4n) is 4.61. The van der Waals surface area contributed by atoms with Crippen LogP contribution in [0.2, 0.25) is 0 Å². The molecule has 214 valence electrons. The summed E-state index contributed by atoms with van der Waals surface area (Å²) in [6.07, 6.45) is 2.66. The Morgan fingerprint density at radius 2 is 1.93 bits per heavy atom. The van der Waals surface area contributed by atoms with Gasteiger partial charge in [-0.1, -0.05) is 12.1 Å². The zero-order chi connectivity index (χ0) is 29.8. The number of carbonyl (C=O) groups excluding carboxylic acids is 5. The van der Waals surface area contributed by atoms with Crippen LogP contribution in [0.4, 0.5) is 4.79 Å². The number of carbonyl (C=O) groups is 6. The highest BCUT2D eigenvalue weighted by atomic mass is 16.5. The van der Waals surface area contributed by atoms with Crippen LogP contribution in [0.15, 0.2) is 42.7 Å². The molecular weight excluding hydrogens is 541 g/mol. The van der Waals surface area contributed by atoms with Crippen LogP contribution >= 0.6 is 0 Å². The summed E-state index contributed by atoms with van der Waals surface area (Å²) in [5.74, 6) is -6.59. The van der Waals surface area contributed by atoms with Crippen molar-refractivity contribution in [1.82, 2.24) is 20.4 Å². The van der Waals surface area contributed by atoms with Crippen LogP contribution in [0.25, 0.3) is 0 Å². The van der Waals surface area contributed by atoms with Crippen LogP contribution in [-0.4, -0.2) is 88.3 Å². The van der Waals surface area contributed by atoms with E-state index < -0.39 is 61.3 Å². The number of benzene rings is 1. The number of aromatic carboxylic acids is 1. The first-order valence-corrected chi connectivity index (χ1v) is 12.6. The molecule has 0 radical (unpaired) electrons. The third kappa shape index (κ3) is 6.27. The summed E-state index contributed by atoms with van der Waals surface area (Å²) in [4.78, 5) is 76.1. The number of para-hydroxylation sites is 1. The normalized spacial score (nSPS) is 17.3. The fourth-order valence-corrected chi connectivity index (χ4v) is 4.61. The number of aliphatic carboxylic acids is 1. The number of imide groups is 1. The Bertz CT molecular complexity index is 1420. The SMILES string of the molecule is CCN1CCN(C(=O)NC(C(=O)N[C@H]2Cc3cccc(C(=O)O)c3OB2O)c2ccc[n+](CC(=O)[O-])c2)C(=O)C1=O. The first-order valence-electron chi connectivity index (χ1n) is 12.6. The number of carboxylic acids is 2. The van der Waals surface area contributed by atoms with Gasteiger partial charge in [-0.15, -0.1) is 0 Å². The van der Waals surface area contributed by atoms with Gasteiger partial charge < -0.3 is 40.2 Å². The van der Waals surface area contributed by atoms with Crippen molar-refractivity contribution in [2.24, 2.45) is 0 Å². The molecule has 2 aliphatic heterocycles. The monoisotopic (exact) mass is 567 g/mol. The number of aromatic nitrogens is 1. The molecule has 41 heavy (non-hydrogen) atoms. The first kappa shape index (κ1) is 29.0. The number of urea groups is 1. The number of fused-ring (bicyclic) bond motifs is 1. The lowest BCUT2D eigenvalue weighted by molar-refractivity contribution is -0.691. The zero-order valence-electron chi connectivity index (χ0n) is 21.8. The molecule has 1 saturated heterocycles. The molecule has 2 atom stereocenters. The predicted octanol–water partition coefficient (Wildman–Crippen LogP) is -3.00. The lowest BCUT2D eigenvalue weighted by Gasteiger charge is -2.33. The topological polar surface area (TPSA) is 210 Å². The van der Waals surface area contributed by atoms with Gasteiger partial charge in [0.1, 0.15) is 17.8 Å². The van der Waals surface area contributed by atoms with Crippen molar-refractivity contribution >= 4 is 42.8 Å². The summed E-state index contributed by atoms with van der Waals surface area (Å²) in [5.41, 5.74) is 0.358. The third-order valence-electron chi connectivity index (χ3n) is 6.67.